The van der Waals surface area contributed by atoms with Crippen LogP contribution in [0.15, 0.2) is 66.7 Å². The third kappa shape index (κ3) is 3.98. The van der Waals surface area contributed by atoms with E-state index in [1.165, 1.54) is 13.2 Å². The molecule has 30 heavy (non-hydrogen) atoms. The molecule has 6 heteroatoms. The summed E-state index contributed by atoms with van der Waals surface area (Å²) < 4.78 is 10.7. The summed E-state index contributed by atoms with van der Waals surface area (Å²) in [5, 5.41) is 12.8. The number of ether oxygens (including phenoxy) is 2. The van der Waals surface area contributed by atoms with E-state index in [0.717, 1.165) is 11.1 Å². The lowest BCUT2D eigenvalue weighted by Crippen LogP contribution is -2.25. The van der Waals surface area contributed by atoms with Crippen molar-refractivity contribution in [3.8, 4) is 11.5 Å². The van der Waals surface area contributed by atoms with Gasteiger partial charge >= 0.3 is 5.97 Å². The van der Waals surface area contributed by atoms with E-state index in [1.54, 1.807) is 30.3 Å². The van der Waals surface area contributed by atoms with E-state index in [0.29, 0.717) is 28.9 Å². The van der Waals surface area contributed by atoms with Crippen LogP contribution in [0.4, 0.5) is 0 Å². The number of benzene rings is 3. The van der Waals surface area contributed by atoms with Gasteiger partial charge in [-0.25, -0.2) is 4.79 Å². The third-order valence-corrected chi connectivity index (χ3v) is 5.14. The van der Waals surface area contributed by atoms with Crippen LogP contribution < -0.4 is 10.1 Å². The van der Waals surface area contributed by atoms with Crippen LogP contribution in [0, 0.1) is 0 Å². The first-order chi connectivity index (χ1) is 14.5. The minimum atomic E-state index is -0.390. The zero-order valence-electron chi connectivity index (χ0n) is 16.4. The van der Waals surface area contributed by atoms with Crippen molar-refractivity contribution in [1.29, 1.82) is 0 Å². The number of aromatic hydroxyl groups is 1. The van der Waals surface area contributed by atoms with Gasteiger partial charge in [-0.05, 0) is 47.5 Å². The molecule has 0 saturated heterocycles. The second-order valence-corrected chi connectivity index (χ2v) is 7.06. The summed E-state index contributed by atoms with van der Waals surface area (Å²) in [5.74, 6) is -0.0140. The van der Waals surface area contributed by atoms with Gasteiger partial charge in [0.15, 0.2) is 0 Å². The van der Waals surface area contributed by atoms with Gasteiger partial charge in [0.25, 0.3) is 5.91 Å². The molecule has 3 aromatic rings. The molecule has 0 aliphatic carbocycles. The Bertz CT molecular complexity index is 1090. The average molecular weight is 403 g/mol. The predicted octanol–water partition coefficient (Wildman–Crippen LogP) is 3.79. The molecule has 3 aromatic carbocycles. The molecule has 0 fully saturated rings. The van der Waals surface area contributed by atoms with E-state index in [2.05, 4.69) is 5.32 Å². The molecule has 1 heterocycles. The quantitative estimate of drug-likeness (QED) is 0.633. The maximum absolute atomic E-state index is 12.7. The summed E-state index contributed by atoms with van der Waals surface area (Å²) >= 11 is 0. The number of hydrogen-bond acceptors (Lipinski definition) is 5. The van der Waals surface area contributed by atoms with Crippen molar-refractivity contribution in [2.45, 2.75) is 19.1 Å². The number of phenols is 1. The van der Waals surface area contributed by atoms with Crippen molar-refractivity contribution < 1.29 is 24.2 Å². The van der Waals surface area contributed by atoms with Crippen LogP contribution in [0.25, 0.3) is 0 Å². The standard InChI is InChI=1S/C24H21NO5/c1-29-19-8-10-21(26)18(12-19)14-25-23(27)16-7-9-20-17(11-16)13-22(30-24(20)28)15-5-3-2-4-6-15/h2-12,22,26H,13-14H2,1H3,(H,25,27)/t22-/m0/s1. The number of hydrogen-bond donors (Lipinski definition) is 2. The van der Waals surface area contributed by atoms with E-state index in [9.17, 15) is 14.7 Å². The second kappa shape index (κ2) is 8.29. The van der Waals surface area contributed by atoms with E-state index >= 15 is 0 Å². The van der Waals surface area contributed by atoms with Gasteiger partial charge in [-0.15, -0.1) is 0 Å². The third-order valence-electron chi connectivity index (χ3n) is 5.14. The summed E-state index contributed by atoms with van der Waals surface area (Å²) in [4.78, 5) is 25.1. The fraction of sp³-hybridized carbons (Fsp3) is 0.167. The molecule has 0 spiro atoms. The summed E-state index contributed by atoms with van der Waals surface area (Å²) in [7, 11) is 1.54. The molecule has 0 radical (unpaired) electrons. The second-order valence-electron chi connectivity index (χ2n) is 7.06. The predicted molar refractivity (Wildman–Crippen MR) is 111 cm³/mol. The van der Waals surface area contributed by atoms with E-state index in [-0.39, 0.29) is 24.3 Å². The zero-order chi connectivity index (χ0) is 21.1. The Labute approximate surface area is 174 Å². The molecule has 1 atom stereocenters. The first-order valence-corrected chi connectivity index (χ1v) is 9.58. The molecule has 0 saturated carbocycles. The van der Waals surface area contributed by atoms with Crippen LogP contribution in [0.3, 0.4) is 0 Å². The number of carbonyl (C=O) groups is 2. The summed E-state index contributed by atoms with van der Waals surface area (Å²) in [6.45, 7) is 0.146. The number of phenolic OH excluding ortho intramolecular Hbond substituents is 1. The molecule has 0 unspecified atom stereocenters. The van der Waals surface area contributed by atoms with E-state index in [4.69, 9.17) is 9.47 Å². The molecular weight excluding hydrogens is 382 g/mol. The zero-order valence-corrected chi connectivity index (χ0v) is 16.4. The highest BCUT2D eigenvalue weighted by molar-refractivity contribution is 5.97. The molecule has 2 N–H and O–H groups in total. The molecular formula is C24H21NO5. The summed E-state index contributed by atoms with van der Waals surface area (Å²) in [6, 6.07) is 19.3. The Hall–Kier alpha value is -3.80. The number of rotatable bonds is 5. The van der Waals surface area contributed by atoms with Crippen LogP contribution >= 0.6 is 0 Å². The van der Waals surface area contributed by atoms with Crippen LogP contribution in [-0.4, -0.2) is 24.1 Å². The maximum Gasteiger partial charge on any atom is 0.339 e. The largest absolute Gasteiger partial charge is 0.508 e. The summed E-state index contributed by atoms with van der Waals surface area (Å²) in [5.41, 5.74) is 3.16. The number of cyclic esters (lactones) is 1. The fourth-order valence-corrected chi connectivity index (χ4v) is 3.50. The smallest absolute Gasteiger partial charge is 0.339 e. The van der Waals surface area contributed by atoms with E-state index in [1.807, 2.05) is 30.3 Å². The van der Waals surface area contributed by atoms with Gasteiger partial charge in [-0.3, -0.25) is 4.79 Å². The van der Waals surface area contributed by atoms with Crippen molar-refractivity contribution in [3.05, 3.63) is 94.5 Å². The highest BCUT2D eigenvalue weighted by atomic mass is 16.5. The molecule has 0 bridgehead atoms. The lowest BCUT2D eigenvalue weighted by Gasteiger charge is -2.25. The first-order valence-electron chi connectivity index (χ1n) is 9.58. The van der Waals surface area contributed by atoms with Crippen molar-refractivity contribution in [2.24, 2.45) is 0 Å². The van der Waals surface area contributed by atoms with E-state index < -0.39 is 5.97 Å². The Morgan fingerprint density at radius 1 is 1.13 bits per heavy atom. The van der Waals surface area contributed by atoms with Crippen LogP contribution in [0.2, 0.25) is 0 Å². The molecule has 0 aromatic heterocycles. The maximum atomic E-state index is 12.7. The van der Waals surface area contributed by atoms with Gasteiger partial charge in [-0.2, -0.15) is 0 Å². The van der Waals surface area contributed by atoms with Crippen LogP contribution in [0.5, 0.6) is 11.5 Å². The van der Waals surface area contributed by atoms with Crippen molar-refractivity contribution in [1.82, 2.24) is 5.32 Å². The normalized spacial score (nSPS) is 15.1. The number of amides is 1. The lowest BCUT2D eigenvalue weighted by atomic mass is 9.93. The van der Waals surface area contributed by atoms with Crippen molar-refractivity contribution in [2.75, 3.05) is 7.11 Å². The van der Waals surface area contributed by atoms with Crippen LogP contribution in [-0.2, 0) is 17.7 Å². The number of nitrogens with one attached hydrogen (secondary N) is 1. The Balaban J connectivity index is 1.51. The molecule has 1 aliphatic rings. The molecule has 1 amide bonds. The SMILES string of the molecule is COc1ccc(O)c(CNC(=O)c2ccc3c(c2)C[C@@H](c2ccccc2)OC3=O)c1. The Kier molecular flexibility index (Phi) is 5.39. The number of carbonyl (C=O) groups excluding carboxylic acids is 2. The minimum Gasteiger partial charge on any atom is -0.508 e. The number of methoxy groups -OCH3 is 1. The minimum absolute atomic E-state index is 0.0787. The van der Waals surface area contributed by atoms with Gasteiger partial charge in [0.1, 0.15) is 17.6 Å². The molecule has 6 nitrogen and oxygen atoms in total. The number of fused-ring (bicyclic) bond motifs is 1. The van der Waals surface area contributed by atoms with Crippen molar-refractivity contribution >= 4 is 11.9 Å². The van der Waals surface area contributed by atoms with Gasteiger partial charge in [-0.1, -0.05) is 30.3 Å². The monoisotopic (exact) mass is 403 g/mol. The van der Waals surface area contributed by atoms with Crippen LogP contribution in [0.1, 0.15) is 43.5 Å². The first kappa shape index (κ1) is 19.5. The highest BCUT2D eigenvalue weighted by Gasteiger charge is 2.28. The Morgan fingerprint density at radius 2 is 1.93 bits per heavy atom. The van der Waals surface area contributed by atoms with Gasteiger partial charge in [0, 0.05) is 24.1 Å². The lowest BCUT2D eigenvalue weighted by molar-refractivity contribution is 0.0252. The van der Waals surface area contributed by atoms with Gasteiger partial charge in [0.2, 0.25) is 0 Å². The molecule has 152 valence electrons. The highest BCUT2D eigenvalue weighted by Crippen LogP contribution is 2.31. The van der Waals surface area contributed by atoms with Gasteiger partial charge in [0.05, 0.1) is 12.7 Å². The Morgan fingerprint density at radius 3 is 2.70 bits per heavy atom. The number of esters is 1. The van der Waals surface area contributed by atoms with Gasteiger partial charge < -0.3 is 19.9 Å². The summed E-state index contributed by atoms with van der Waals surface area (Å²) in [6.07, 6.45) is 0.126. The molecule has 1 aliphatic heterocycles. The topological polar surface area (TPSA) is 84.9 Å². The fourth-order valence-electron chi connectivity index (χ4n) is 3.50. The average Bonchev–Trinajstić information content (AvgIpc) is 2.78. The van der Waals surface area contributed by atoms with Crippen molar-refractivity contribution in [3.63, 3.8) is 0 Å². The molecule has 4 rings (SSSR count).